The summed E-state index contributed by atoms with van der Waals surface area (Å²) in [6.45, 7) is 7.73. The van der Waals surface area contributed by atoms with E-state index in [1.807, 2.05) is 31.2 Å². The van der Waals surface area contributed by atoms with Crippen LogP contribution in [0.3, 0.4) is 0 Å². The van der Waals surface area contributed by atoms with Crippen LogP contribution in [0.4, 0.5) is 11.5 Å². The van der Waals surface area contributed by atoms with E-state index in [1.165, 1.54) is 5.69 Å². The number of anilines is 2. The summed E-state index contributed by atoms with van der Waals surface area (Å²) in [5.41, 5.74) is 1.82. The van der Waals surface area contributed by atoms with Crippen LogP contribution in [-0.4, -0.2) is 50.2 Å². The standard InChI is InChI=1S/C21H28N4O2/c1-4-16(2)23-21(26)17-5-10-20(22-15-17)25-13-11-24(12-14-25)18-6-8-19(27-3)9-7-18/h5-10,15-16H,4,11-14H2,1-3H3,(H,23,26). The van der Waals surface area contributed by atoms with Crippen LogP contribution < -0.4 is 19.9 Å². The van der Waals surface area contributed by atoms with Crippen molar-refractivity contribution in [3.05, 3.63) is 48.2 Å². The first kappa shape index (κ1) is 19.0. The highest BCUT2D eigenvalue weighted by molar-refractivity contribution is 5.94. The summed E-state index contributed by atoms with van der Waals surface area (Å²) in [6, 6.07) is 12.1. The molecule has 0 bridgehead atoms. The highest BCUT2D eigenvalue weighted by Gasteiger charge is 2.19. The molecule has 1 aliphatic heterocycles. The predicted octanol–water partition coefficient (Wildman–Crippen LogP) is 2.95. The maximum absolute atomic E-state index is 12.2. The van der Waals surface area contributed by atoms with E-state index in [0.29, 0.717) is 5.56 Å². The van der Waals surface area contributed by atoms with Gasteiger partial charge in [0.15, 0.2) is 0 Å². The highest BCUT2D eigenvalue weighted by Crippen LogP contribution is 2.22. The smallest absolute Gasteiger partial charge is 0.253 e. The van der Waals surface area contributed by atoms with Crippen molar-refractivity contribution in [1.82, 2.24) is 10.3 Å². The van der Waals surface area contributed by atoms with Crippen molar-refractivity contribution in [3.63, 3.8) is 0 Å². The molecule has 3 rings (SSSR count). The third-order valence-electron chi connectivity index (χ3n) is 5.04. The van der Waals surface area contributed by atoms with Gasteiger partial charge in [0.2, 0.25) is 0 Å². The van der Waals surface area contributed by atoms with E-state index in [9.17, 15) is 4.79 Å². The van der Waals surface area contributed by atoms with E-state index in [1.54, 1.807) is 13.3 Å². The minimum atomic E-state index is -0.0623. The van der Waals surface area contributed by atoms with Crippen LogP contribution in [0.5, 0.6) is 5.75 Å². The molecule has 6 nitrogen and oxygen atoms in total. The first-order valence-corrected chi connectivity index (χ1v) is 9.51. The van der Waals surface area contributed by atoms with E-state index in [-0.39, 0.29) is 11.9 Å². The number of hydrogen-bond acceptors (Lipinski definition) is 5. The van der Waals surface area contributed by atoms with Gasteiger partial charge in [0.25, 0.3) is 5.91 Å². The molecular formula is C21H28N4O2. The number of carbonyl (C=O) groups excluding carboxylic acids is 1. The number of benzene rings is 1. The van der Waals surface area contributed by atoms with Crippen LogP contribution in [0.25, 0.3) is 0 Å². The molecule has 1 saturated heterocycles. The highest BCUT2D eigenvalue weighted by atomic mass is 16.5. The molecule has 1 amide bonds. The quantitative estimate of drug-likeness (QED) is 0.850. The maximum atomic E-state index is 12.2. The van der Waals surface area contributed by atoms with Gasteiger partial charge >= 0.3 is 0 Å². The molecule has 1 atom stereocenters. The molecule has 1 fully saturated rings. The zero-order valence-corrected chi connectivity index (χ0v) is 16.3. The lowest BCUT2D eigenvalue weighted by Gasteiger charge is -2.36. The van der Waals surface area contributed by atoms with Crippen molar-refractivity contribution < 1.29 is 9.53 Å². The van der Waals surface area contributed by atoms with Gasteiger partial charge in [-0.2, -0.15) is 0 Å². The summed E-state index contributed by atoms with van der Waals surface area (Å²) in [4.78, 5) is 21.3. The molecule has 1 aliphatic rings. The van der Waals surface area contributed by atoms with Gasteiger partial charge in [-0.3, -0.25) is 4.79 Å². The third kappa shape index (κ3) is 4.70. The fraction of sp³-hybridized carbons (Fsp3) is 0.429. The predicted molar refractivity (Wildman–Crippen MR) is 109 cm³/mol. The Kier molecular flexibility index (Phi) is 6.16. The molecule has 1 unspecified atom stereocenters. The lowest BCUT2D eigenvalue weighted by atomic mass is 10.2. The van der Waals surface area contributed by atoms with E-state index >= 15 is 0 Å². The lowest BCUT2D eigenvalue weighted by molar-refractivity contribution is 0.0939. The van der Waals surface area contributed by atoms with E-state index in [2.05, 4.69) is 39.2 Å². The minimum absolute atomic E-state index is 0.0623. The summed E-state index contributed by atoms with van der Waals surface area (Å²) >= 11 is 0. The van der Waals surface area contributed by atoms with Crippen LogP contribution >= 0.6 is 0 Å². The van der Waals surface area contributed by atoms with Gasteiger partial charge in [-0.25, -0.2) is 4.98 Å². The lowest BCUT2D eigenvalue weighted by Crippen LogP contribution is -2.46. The van der Waals surface area contributed by atoms with Gasteiger partial charge in [-0.05, 0) is 49.7 Å². The van der Waals surface area contributed by atoms with E-state index in [4.69, 9.17) is 4.74 Å². The SMILES string of the molecule is CCC(C)NC(=O)c1ccc(N2CCN(c3ccc(OC)cc3)CC2)nc1. The Bertz CT molecular complexity index is 738. The molecule has 1 aromatic heterocycles. The van der Waals surface area contributed by atoms with Gasteiger partial charge in [-0.1, -0.05) is 6.92 Å². The number of rotatable bonds is 6. The third-order valence-corrected chi connectivity index (χ3v) is 5.04. The summed E-state index contributed by atoms with van der Waals surface area (Å²) in [5, 5.41) is 2.97. The topological polar surface area (TPSA) is 57.7 Å². The number of aromatic nitrogens is 1. The van der Waals surface area contributed by atoms with E-state index in [0.717, 1.165) is 44.2 Å². The number of amides is 1. The number of pyridine rings is 1. The fourth-order valence-electron chi connectivity index (χ4n) is 3.10. The summed E-state index contributed by atoms with van der Waals surface area (Å²) in [5.74, 6) is 1.73. The molecule has 2 aromatic rings. The second-order valence-corrected chi connectivity index (χ2v) is 6.86. The van der Waals surface area contributed by atoms with Crippen molar-refractivity contribution in [2.75, 3.05) is 43.1 Å². The van der Waals surface area contributed by atoms with Gasteiger partial charge in [0.1, 0.15) is 11.6 Å². The van der Waals surface area contributed by atoms with Crippen LogP contribution in [-0.2, 0) is 0 Å². The zero-order valence-electron chi connectivity index (χ0n) is 16.3. The number of ether oxygens (including phenoxy) is 1. The molecule has 27 heavy (non-hydrogen) atoms. The van der Waals surface area contributed by atoms with Crippen molar-refractivity contribution in [1.29, 1.82) is 0 Å². The first-order chi connectivity index (χ1) is 13.1. The number of nitrogens with one attached hydrogen (secondary N) is 1. The Labute approximate surface area is 161 Å². The monoisotopic (exact) mass is 368 g/mol. The molecule has 0 radical (unpaired) electrons. The van der Waals surface area contributed by atoms with Crippen molar-refractivity contribution in [3.8, 4) is 5.75 Å². The Morgan fingerprint density at radius 1 is 1.11 bits per heavy atom. The molecule has 1 N–H and O–H groups in total. The van der Waals surface area contributed by atoms with Crippen molar-refractivity contribution in [2.24, 2.45) is 0 Å². The fourth-order valence-corrected chi connectivity index (χ4v) is 3.10. The Balaban J connectivity index is 1.56. The molecule has 1 aromatic carbocycles. The van der Waals surface area contributed by atoms with Gasteiger partial charge in [-0.15, -0.1) is 0 Å². The Morgan fingerprint density at radius 2 is 1.78 bits per heavy atom. The number of carbonyl (C=O) groups is 1. The zero-order chi connectivity index (χ0) is 19.2. The summed E-state index contributed by atoms with van der Waals surface area (Å²) in [6.07, 6.45) is 2.58. The molecule has 6 heteroatoms. The molecule has 0 saturated carbocycles. The maximum Gasteiger partial charge on any atom is 0.253 e. The minimum Gasteiger partial charge on any atom is -0.497 e. The van der Waals surface area contributed by atoms with Crippen molar-refractivity contribution >= 4 is 17.4 Å². The summed E-state index contributed by atoms with van der Waals surface area (Å²) < 4.78 is 5.22. The molecular weight excluding hydrogens is 340 g/mol. The van der Waals surface area contributed by atoms with Crippen LogP contribution in [0.2, 0.25) is 0 Å². The van der Waals surface area contributed by atoms with Gasteiger partial charge in [0.05, 0.1) is 12.7 Å². The van der Waals surface area contributed by atoms with E-state index < -0.39 is 0 Å². The molecule has 144 valence electrons. The Morgan fingerprint density at radius 3 is 2.33 bits per heavy atom. The molecule has 0 aliphatic carbocycles. The van der Waals surface area contributed by atoms with Crippen LogP contribution in [0, 0.1) is 0 Å². The normalized spacial score (nSPS) is 15.4. The Hall–Kier alpha value is -2.76. The molecule has 2 heterocycles. The van der Waals surface area contributed by atoms with Crippen LogP contribution in [0.15, 0.2) is 42.6 Å². The number of methoxy groups -OCH3 is 1. The second-order valence-electron chi connectivity index (χ2n) is 6.86. The van der Waals surface area contributed by atoms with Crippen molar-refractivity contribution in [2.45, 2.75) is 26.3 Å². The average Bonchev–Trinajstić information content (AvgIpc) is 2.74. The first-order valence-electron chi connectivity index (χ1n) is 9.51. The van der Waals surface area contributed by atoms with Gasteiger partial charge < -0.3 is 19.9 Å². The largest absolute Gasteiger partial charge is 0.497 e. The van der Waals surface area contributed by atoms with Crippen LogP contribution in [0.1, 0.15) is 30.6 Å². The average molecular weight is 368 g/mol. The number of hydrogen-bond donors (Lipinski definition) is 1. The molecule has 0 spiro atoms. The number of nitrogens with zero attached hydrogens (tertiary/aromatic N) is 3. The summed E-state index contributed by atoms with van der Waals surface area (Å²) in [7, 11) is 1.68. The van der Waals surface area contributed by atoms with Gasteiger partial charge in [0, 0.05) is 44.1 Å². The number of piperazine rings is 1. The second kappa shape index (κ2) is 8.75.